The van der Waals surface area contributed by atoms with Crippen LogP contribution in [0.3, 0.4) is 0 Å². The molecule has 3 aliphatic heterocycles. The van der Waals surface area contributed by atoms with E-state index in [0.717, 1.165) is 6.92 Å². The molecule has 18 nitrogen and oxygen atoms in total. The molecule has 234 valence electrons. The Labute approximate surface area is 228 Å². The molecule has 3 saturated heterocycles. The van der Waals surface area contributed by atoms with Crippen molar-refractivity contribution in [2.75, 3.05) is 33.0 Å². The number of hydrogen-bond donors (Lipinski definition) is 11. The molecule has 3 heterocycles. The van der Waals surface area contributed by atoms with Crippen molar-refractivity contribution in [2.45, 2.75) is 99.0 Å². The summed E-state index contributed by atoms with van der Waals surface area (Å²) in [6, 6.07) is -1.45. The molecule has 0 spiro atoms. The first-order valence-corrected chi connectivity index (χ1v) is 12.8. The monoisotopic (exact) mass is 588 g/mol. The minimum absolute atomic E-state index is 0.0263. The minimum Gasteiger partial charge on any atom is -0.394 e. The van der Waals surface area contributed by atoms with Gasteiger partial charge in [-0.05, 0) is 0 Å². The van der Waals surface area contributed by atoms with E-state index in [-0.39, 0.29) is 13.2 Å². The van der Waals surface area contributed by atoms with Crippen LogP contribution in [0.25, 0.3) is 0 Å². The number of amides is 1. The summed E-state index contributed by atoms with van der Waals surface area (Å²) < 4.78 is 33.3. The van der Waals surface area contributed by atoms with Gasteiger partial charge in [-0.15, -0.1) is 0 Å². The van der Waals surface area contributed by atoms with Crippen molar-refractivity contribution >= 4 is 5.91 Å². The molecule has 0 aromatic rings. The highest BCUT2D eigenvalue weighted by atomic mass is 16.7. The van der Waals surface area contributed by atoms with E-state index in [9.17, 15) is 50.8 Å². The fourth-order valence-electron chi connectivity index (χ4n) is 4.77. The number of ether oxygens (including phenoxy) is 6. The van der Waals surface area contributed by atoms with Crippen LogP contribution in [0.15, 0.2) is 0 Å². The first-order valence-electron chi connectivity index (χ1n) is 12.8. The van der Waals surface area contributed by atoms with Crippen LogP contribution in [0.2, 0.25) is 0 Å². The van der Waals surface area contributed by atoms with Crippen LogP contribution in [-0.2, 0) is 33.2 Å². The zero-order chi connectivity index (χ0) is 29.7. The first kappa shape index (κ1) is 33.3. The molecule has 0 aliphatic carbocycles. The van der Waals surface area contributed by atoms with Crippen LogP contribution in [-0.4, -0.2) is 177 Å². The molecule has 0 bridgehead atoms. The van der Waals surface area contributed by atoms with E-state index in [1.54, 1.807) is 0 Å². The van der Waals surface area contributed by atoms with Gasteiger partial charge in [0.05, 0.1) is 26.4 Å². The Morgan fingerprint density at radius 2 is 1.23 bits per heavy atom. The maximum absolute atomic E-state index is 12.1. The molecule has 0 unspecified atom stereocenters. The molecule has 3 aliphatic rings. The lowest BCUT2D eigenvalue weighted by Gasteiger charge is -2.49. The number of aliphatic hydroxyl groups is 9. The van der Waals surface area contributed by atoms with Crippen molar-refractivity contribution in [1.82, 2.24) is 5.32 Å². The van der Waals surface area contributed by atoms with Gasteiger partial charge in [-0.2, -0.15) is 0 Å². The summed E-state index contributed by atoms with van der Waals surface area (Å²) in [6.07, 6.45) is -22.4. The molecular weight excluding hydrogens is 548 g/mol. The van der Waals surface area contributed by atoms with Gasteiger partial charge in [0.25, 0.3) is 0 Å². The second-order valence-corrected chi connectivity index (χ2v) is 9.71. The van der Waals surface area contributed by atoms with Crippen LogP contribution in [0, 0.1) is 0 Å². The van der Waals surface area contributed by atoms with Gasteiger partial charge in [0.2, 0.25) is 5.91 Å². The van der Waals surface area contributed by atoms with Crippen LogP contribution < -0.4 is 11.1 Å². The van der Waals surface area contributed by atoms with Crippen LogP contribution in [0.1, 0.15) is 6.92 Å². The Hall–Kier alpha value is -1.17. The van der Waals surface area contributed by atoms with Gasteiger partial charge in [0.15, 0.2) is 18.9 Å². The number of nitrogens with one attached hydrogen (secondary N) is 1. The molecule has 0 saturated carbocycles. The smallest absolute Gasteiger partial charge is 0.217 e. The normalized spacial score (nSPS) is 46.2. The summed E-state index contributed by atoms with van der Waals surface area (Å²) in [6.45, 7) is -1.10. The van der Waals surface area contributed by atoms with Crippen LogP contribution in [0.4, 0.5) is 0 Å². The molecule has 0 radical (unpaired) electrons. The molecule has 0 aromatic heterocycles. The summed E-state index contributed by atoms with van der Waals surface area (Å²) in [5.74, 6) is -0.673. The highest BCUT2D eigenvalue weighted by Crippen LogP contribution is 2.32. The van der Waals surface area contributed by atoms with E-state index in [1.807, 2.05) is 0 Å². The lowest BCUT2D eigenvalue weighted by Crippen LogP contribution is -2.69. The van der Waals surface area contributed by atoms with E-state index in [4.69, 9.17) is 34.2 Å². The molecule has 18 heteroatoms. The van der Waals surface area contributed by atoms with Crippen LogP contribution >= 0.6 is 0 Å². The minimum atomic E-state index is -1.87. The van der Waals surface area contributed by atoms with Gasteiger partial charge < -0.3 is 85.4 Å². The third-order valence-electron chi connectivity index (χ3n) is 6.88. The number of rotatable bonds is 11. The summed E-state index contributed by atoms with van der Waals surface area (Å²) in [7, 11) is 0. The topological polar surface area (TPSA) is 293 Å². The zero-order valence-corrected chi connectivity index (χ0v) is 21.7. The Morgan fingerprint density at radius 3 is 1.80 bits per heavy atom. The summed E-state index contributed by atoms with van der Waals surface area (Å²) in [5, 5.41) is 94.4. The fraction of sp³-hybridized carbons (Fsp3) is 0.955. The number of aliphatic hydroxyl groups excluding tert-OH is 9. The Balaban J connectivity index is 1.88. The van der Waals surface area contributed by atoms with Gasteiger partial charge in [-0.3, -0.25) is 4.79 Å². The third-order valence-corrected chi connectivity index (χ3v) is 6.88. The second kappa shape index (κ2) is 14.8. The average molecular weight is 589 g/mol. The predicted molar refractivity (Wildman–Crippen MR) is 126 cm³/mol. The third kappa shape index (κ3) is 7.24. The molecule has 0 aromatic carbocycles. The molecule has 40 heavy (non-hydrogen) atoms. The molecule has 12 N–H and O–H groups in total. The number of carbonyl (C=O) groups excluding carboxylic acids is 1. The predicted octanol–water partition coefficient (Wildman–Crippen LogP) is -7.45. The molecule has 3 rings (SSSR count). The molecule has 3 fully saturated rings. The maximum atomic E-state index is 12.1. The van der Waals surface area contributed by atoms with Gasteiger partial charge in [0.1, 0.15) is 73.2 Å². The molecular formula is C22H40N2O16. The van der Waals surface area contributed by atoms with Crippen molar-refractivity contribution in [3.8, 4) is 0 Å². The fourth-order valence-corrected chi connectivity index (χ4v) is 4.77. The van der Waals surface area contributed by atoms with Crippen molar-refractivity contribution < 1.29 is 79.2 Å². The SMILES string of the molecule is CC(=O)N[C@@H]1[C@H](O[C@H]2[C@H](O)[C@@H](O)[C@H](OCCN)O[C@@H]2CO)O[C@H](CO)[C@@H](O)[C@@H]1O[C@H]1O[C@H](CO)[C@@H](O)[C@H](O)[C@H]1O. The number of hydrogen-bond acceptors (Lipinski definition) is 17. The van der Waals surface area contributed by atoms with Crippen molar-refractivity contribution in [1.29, 1.82) is 0 Å². The van der Waals surface area contributed by atoms with Gasteiger partial charge in [-0.1, -0.05) is 0 Å². The van der Waals surface area contributed by atoms with Gasteiger partial charge in [-0.25, -0.2) is 0 Å². The highest BCUT2D eigenvalue weighted by Gasteiger charge is 2.54. The van der Waals surface area contributed by atoms with E-state index in [1.165, 1.54) is 0 Å². The lowest BCUT2D eigenvalue weighted by molar-refractivity contribution is -0.365. The Morgan fingerprint density at radius 1 is 0.700 bits per heavy atom. The summed E-state index contributed by atoms with van der Waals surface area (Å²) in [5.41, 5.74) is 5.39. The van der Waals surface area contributed by atoms with Crippen molar-refractivity contribution in [3.05, 3.63) is 0 Å². The zero-order valence-electron chi connectivity index (χ0n) is 21.7. The van der Waals surface area contributed by atoms with Crippen molar-refractivity contribution in [3.63, 3.8) is 0 Å². The van der Waals surface area contributed by atoms with E-state index in [2.05, 4.69) is 5.32 Å². The molecule has 1 amide bonds. The lowest BCUT2D eigenvalue weighted by atomic mass is 9.94. The van der Waals surface area contributed by atoms with Gasteiger partial charge in [0, 0.05) is 13.5 Å². The maximum Gasteiger partial charge on any atom is 0.217 e. The average Bonchev–Trinajstić information content (AvgIpc) is 2.93. The largest absolute Gasteiger partial charge is 0.394 e. The van der Waals surface area contributed by atoms with E-state index >= 15 is 0 Å². The summed E-state index contributed by atoms with van der Waals surface area (Å²) in [4.78, 5) is 12.1. The summed E-state index contributed by atoms with van der Waals surface area (Å²) >= 11 is 0. The van der Waals surface area contributed by atoms with E-state index < -0.39 is 118 Å². The standard InChI is InChI=1S/C22H40N2O16/c1-7(28)24-11-19(40-22-16(33)14(31)12(29)8(4-25)37-22)13(30)9(5-26)36-20(11)39-18-10(6-27)38-21(35-3-2-23)17(34)15(18)32/h8-22,25-27,29-34H,2-6,23H2,1H3,(H,24,28)/t8-,9-,10-,11+,12-,13-,14+,15-,16-,17-,18-,19-,20+,21-,22-/m1/s1. The Kier molecular flexibility index (Phi) is 12.4. The van der Waals surface area contributed by atoms with E-state index in [0.29, 0.717) is 0 Å². The number of nitrogens with two attached hydrogens (primary N) is 1. The van der Waals surface area contributed by atoms with Crippen LogP contribution in [0.5, 0.6) is 0 Å². The first-order chi connectivity index (χ1) is 19.0. The number of carbonyl (C=O) groups is 1. The van der Waals surface area contributed by atoms with Crippen molar-refractivity contribution in [2.24, 2.45) is 5.73 Å². The Bertz CT molecular complexity index is 794. The van der Waals surface area contributed by atoms with Gasteiger partial charge >= 0.3 is 0 Å². The molecule has 15 atom stereocenters. The quantitative estimate of drug-likeness (QED) is 0.107. The second-order valence-electron chi connectivity index (χ2n) is 9.71. The highest BCUT2D eigenvalue weighted by molar-refractivity contribution is 5.73.